The van der Waals surface area contributed by atoms with Gasteiger partial charge in [-0.1, -0.05) is 42.7 Å². The smallest absolute Gasteiger partial charge is 0.257 e. The van der Waals surface area contributed by atoms with Crippen molar-refractivity contribution in [2.45, 2.75) is 32.6 Å². The van der Waals surface area contributed by atoms with Crippen LogP contribution in [0.3, 0.4) is 0 Å². The summed E-state index contributed by atoms with van der Waals surface area (Å²) in [4.78, 5) is 36.8. The Morgan fingerprint density at radius 3 is 2.21 bits per heavy atom. The number of para-hydroxylation sites is 1. The van der Waals surface area contributed by atoms with Crippen LogP contribution in [0.1, 0.15) is 41.6 Å². The van der Waals surface area contributed by atoms with Crippen LogP contribution in [0, 0.1) is 18.8 Å². The van der Waals surface area contributed by atoms with Gasteiger partial charge in [-0.25, -0.2) is 0 Å². The van der Waals surface area contributed by atoms with Crippen molar-refractivity contribution in [3.05, 3.63) is 59.7 Å². The van der Waals surface area contributed by atoms with E-state index < -0.39 is 17.8 Å². The van der Waals surface area contributed by atoms with Gasteiger partial charge in [0.15, 0.2) is 0 Å². The number of anilines is 2. The van der Waals surface area contributed by atoms with Crippen LogP contribution < -0.4 is 15.7 Å². The van der Waals surface area contributed by atoms with Crippen molar-refractivity contribution < 1.29 is 19.5 Å². The molecule has 2 unspecified atom stereocenters. The lowest BCUT2D eigenvalue weighted by Gasteiger charge is -2.31. The highest BCUT2D eigenvalue weighted by molar-refractivity contribution is 6.10. The van der Waals surface area contributed by atoms with Crippen molar-refractivity contribution in [2.75, 3.05) is 10.6 Å². The van der Waals surface area contributed by atoms with E-state index in [0.717, 1.165) is 18.4 Å². The molecule has 2 aromatic carbocycles. The number of hydrogen-bond acceptors (Lipinski definition) is 4. The quantitative estimate of drug-likeness (QED) is 0.834. The molecule has 0 bridgehead atoms. The highest BCUT2D eigenvalue weighted by atomic mass is 16.4. The zero-order valence-electron chi connectivity index (χ0n) is 15.7. The minimum atomic E-state index is -1.19. The zero-order valence-corrected chi connectivity index (χ0v) is 15.7. The standard InChI is InChI=1S/C22H24N2O4/c1-14-10-12-15(13-11-14)23-21(26)18-8-4-5-9-19(18)24-20(25)16-6-2-3-7-17(16)22(27)28/h4-5,8-13,16-17H,2-3,6-7H2,1H3,(H,23,26)(H,24,25)(H,27,28)/p-1. The summed E-state index contributed by atoms with van der Waals surface area (Å²) in [5.41, 5.74) is 2.42. The molecule has 0 radical (unpaired) electrons. The summed E-state index contributed by atoms with van der Waals surface area (Å²) in [6.45, 7) is 1.96. The van der Waals surface area contributed by atoms with Crippen LogP contribution >= 0.6 is 0 Å². The Morgan fingerprint density at radius 2 is 1.54 bits per heavy atom. The van der Waals surface area contributed by atoms with Crippen molar-refractivity contribution in [1.29, 1.82) is 0 Å². The molecule has 0 heterocycles. The third-order valence-corrected chi connectivity index (χ3v) is 5.14. The van der Waals surface area contributed by atoms with Crippen LogP contribution in [-0.2, 0) is 9.59 Å². The Labute approximate surface area is 164 Å². The van der Waals surface area contributed by atoms with Gasteiger partial charge in [-0.05, 0) is 44.0 Å². The lowest BCUT2D eigenvalue weighted by atomic mass is 9.78. The van der Waals surface area contributed by atoms with Gasteiger partial charge < -0.3 is 20.5 Å². The molecule has 0 saturated heterocycles. The Hall–Kier alpha value is -3.15. The highest BCUT2D eigenvalue weighted by Gasteiger charge is 2.32. The van der Waals surface area contributed by atoms with E-state index in [1.807, 2.05) is 19.1 Å². The van der Waals surface area contributed by atoms with E-state index in [1.54, 1.807) is 36.4 Å². The lowest BCUT2D eigenvalue weighted by molar-refractivity contribution is -0.313. The minimum Gasteiger partial charge on any atom is -0.550 e. The van der Waals surface area contributed by atoms with Gasteiger partial charge in [-0.15, -0.1) is 0 Å². The first-order chi connectivity index (χ1) is 13.5. The molecule has 2 aromatic rings. The number of hydrogen-bond donors (Lipinski definition) is 2. The Bertz CT molecular complexity index is 876. The number of carbonyl (C=O) groups excluding carboxylic acids is 3. The zero-order chi connectivity index (χ0) is 20.1. The van der Waals surface area contributed by atoms with Crippen molar-refractivity contribution in [3.63, 3.8) is 0 Å². The molecule has 6 nitrogen and oxygen atoms in total. The van der Waals surface area contributed by atoms with Crippen LogP contribution in [0.15, 0.2) is 48.5 Å². The summed E-state index contributed by atoms with van der Waals surface area (Å²) < 4.78 is 0. The normalized spacial score (nSPS) is 18.9. The Kier molecular flexibility index (Phi) is 6.09. The fourth-order valence-corrected chi connectivity index (χ4v) is 3.58. The number of aliphatic carboxylic acids is 1. The first-order valence-electron chi connectivity index (χ1n) is 9.44. The van der Waals surface area contributed by atoms with Gasteiger partial charge in [0, 0.05) is 23.5 Å². The van der Waals surface area contributed by atoms with Crippen molar-refractivity contribution >= 4 is 29.2 Å². The van der Waals surface area contributed by atoms with Gasteiger partial charge in [0.05, 0.1) is 11.3 Å². The number of nitrogens with one attached hydrogen (secondary N) is 2. The number of benzene rings is 2. The second-order valence-electron chi connectivity index (χ2n) is 7.17. The summed E-state index contributed by atoms with van der Waals surface area (Å²) in [5.74, 6) is -3.36. The predicted molar refractivity (Wildman–Crippen MR) is 105 cm³/mol. The summed E-state index contributed by atoms with van der Waals surface area (Å²) in [7, 11) is 0. The van der Waals surface area contributed by atoms with Gasteiger partial charge in [0.2, 0.25) is 5.91 Å². The van der Waals surface area contributed by atoms with E-state index in [2.05, 4.69) is 10.6 Å². The van der Waals surface area contributed by atoms with Crippen molar-refractivity contribution in [1.82, 2.24) is 0 Å². The summed E-state index contributed by atoms with van der Waals surface area (Å²) >= 11 is 0. The number of amides is 2. The minimum absolute atomic E-state index is 0.317. The van der Waals surface area contributed by atoms with Gasteiger partial charge in [0.1, 0.15) is 0 Å². The Morgan fingerprint density at radius 1 is 0.893 bits per heavy atom. The summed E-state index contributed by atoms with van der Waals surface area (Å²) in [6, 6.07) is 14.1. The van der Waals surface area contributed by atoms with Gasteiger partial charge in [0.25, 0.3) is 5.91 Å². The maximum atomic E-state index is 12.7. The average Bonchev–Trinajstić information content (AvgIpc) is 2.70. The molecule has 0 aromatic heterocycles. The van der Waals surface area contributed by atoms with Crippen LogP contribution in [-0.4, -0.2) is 17.8 Å². The number of carboxylic acids is 1. The number of aryl methyl sites for hydroxylation is 1. The fraction of sp³-hybridized carbons (Fsp3) is 0.318. The molecule has 1 aliphatic carbocycles. The topological polar surface area (TPSA) is 98.3 Å². The van der Waals surface area contributed by atoms with Crippen LogP contribution in [0.2, 0.25) is 0 Å². The number of carboxylic acid groups (broad SMARTS) is 1. The average molecular weight is 379 g/mol. The molecule has 1 aliphatic rings. The molecular weight excluding hydrogens is 356 g/mol. The largest absolute Gasteiger partial charge is 0.550 e. The maximum absolute atomic E-state index is 12.7. The number of rotatable bonds is 5. The predicted octanol–water partition coefficient (Wildman–Crippen LogP) is 2.74. The van der Waals surface area contributed by atoms with E-state index >= 15 is 0 Å². The van der Waals surface area contributed by atoms with Crippen molar-refractivity contribution in [3.8, 4) is 0 Å². The van der Waals surface area contributed by atoms with Crippen molar-refractivity contribution in [2.24, 2.45) is 11.8 Å². The third kappa shape index (κ3) is 4.57. The van der Waals surface area contributed by atoms with E-state index in [1.165, 1.54) is 0 Å². The van der Waals surface area contributed by atoms with Gasteiger partial charge in [-0.2, -0.15) is 0 Å². The molecule has 2 N–H and O–H groups in total. The van der Waals surface area contributed by atoms with Gasteiger partial charge >= 0.3 is 0 Å². The molecular formula is C22H23N2O4-. The molecule has 2 atom stereocenters. The second-order valence-corrected chi connectivity index (χ2v) is 7.17. The van der Waals surface area contributed by atoms with Crippen LogP contribution in [0.5, 0.6) is 0 Å². The van der Waals surface area contributed by atoms with E-state index in [0.29, 0.717) is 29.8 Å². The SMILES string of the molecule is Cc1ccc(NC(=O)c2ccccc2NC(=O)C2CCCCC2C(=O)[O-])cc1. The molecule has 1 saturated carbocycles. The fourth-order valence-electron chi connectivity index (χ4n) is 3.58. The summed E-state index contributed by atoms with van der Waals surface area (Å²) in [5, 5.41) is 16.9. The van der Waals surface area contributed by atoms with E-state index in [-0.39, 0.29) is 11.8 Å². The maximum Gasteiger partial charge on any atom is 0.257 e. The lowest BCUT2D eigenvalue weighted by Crippen LogP contribution is -2.42. The summed E-state index contributed by atoms with van der Waals surface area (Å²) in [6.07, 6.45) is 2.52. The van der Waals surface area contributed by atoms with E-state index in [4.69, 9.17) is 0 Å². The molecule has 6 heteroatoms. The number of carbonyl (C=O) groups is 3. The first kappa shape index (κ1) is 19.6. The third-order valence-electron chi connectivity index (χ3n) is 5.14. The Balaban J connectivity index is 1.76. The molecule has 146 valence electrons. The molecule has 2 amide bonds. The molecule has 28 heavy (non-hydrogen) atoms. The molecule has 0 aliphatic heterocycles. The van der Waals surface area contributed by atoms with Crippen LogP contribution in [0.25, 0.3) is 0 Å². The molecule has 3 rings (SSSR count). The monoisotopic (exact) mass is 379 g/mol. The second kappa shape index (κ2) is 8.69. The van der Waals surface area contributed by atoms with E-state index in [9.17, 15) is 19.5 Å². The molecule has 1 fully saturated rings. The van der Waals surface area contributed by atoms with Gasteiger partial charge in [-0.3, -0.25) is 9.59 Å². The highest BCUT2D eigenvalue weighted by Crippen LogP contribution is 2.31. The first-order valence-corrected chi connectivity index (χ1v) is 9.44. The molecule has 0 spiro atoms. The van der Waals surface area contributed by atoms with Crippen LogP contribution in [0.4, 0.5) is 11.4 Å².